The fourth-order valence-electron chi connectivity index (χ4n) is 1.18. The number of nitrogens with one attached hydrogen (secondary N) is 1. The molecule has 4 nitrogen and oxygen atoms in total. The minimum Gasteiger partial charge on any atom is -0.428 e. The number of carbonyl (C=O) groups is 1. The van der Waals surface area contributed by atoms with Crippen molar-refractivity contribution in [3.8, 4) is 0 Å². The van der Waals surface area contributed by atoms with Gasteiger partial charge in [-0.2, -0.15) is 4.98 Å². The predicted octanol–water partition coefficient (Wildman–Crippen LogP) is 1.84. The molecule has 0 aliphatic rings. The van der Waals surface area contributed by atoms with E-state index in [0.717, 1.165) is 0 Å². The zero-order valence-corrected chi connectivity index (χ0v) is 8.13. The molecule has 0 spiro atoms. The molecule has 0 saturated carbocycles. The second-order valence-corrected chi connectivity index (χ2v) is 3.05. The normalized spacial score (nSPS) is 10.4. The van der Waals surface area contributed by atoms with Crippen LogP contribution in [0.5, 0.6) is 0 Å². The summed E-state index contributed by atoms with van der Waals surface area (Å²) in [5.41, 5.74) is 1.67. The summed E-state index contributed by atoms with van der Waals surface area (Å²) in [6, 6.07) is 4.96. The second-order valence-electron chi connectivity index (χ2n) is 2.73. The van der Waals surface area contributed by atoms with Gasteiger partial charge >= 0.3 is 0 Å². The molecule has 2 rings (SSSR count). The Hall–Kier alpha value is -1.55. The molecule has 0 unspecified atom stereocenters. The molecule has 0 aliphatic carbocycles. The van der Waals surface area contributed by atoms with Gasteiger partial charge in [-0.1, -0.05) is 0 Å². The zero-order chi connectivity index (χ0) is 10.1. The van der Waals surface area contributed by atoms with Gasteiger partial charge in [0.1, 0.15) is 5.52 Å². The van der Waals surface area contributed by atoms with E-state index < -0.39 is 0 Å². The van der Waals surface area contributed by atoms with Gasteiger partial charge in [0.05, 0.1) is 0 Å². The maximum atomic E-state index is 11.3. The van der Waals surface area contributed by atoms with Crippen molar-refractivity contribution >= 4 is 28.6 Å². The van der Waals surface area contributed by atoms with Crippen molar-refractivity contribution in [2.75, 3.05) is 7.05 Å². The number of rotatable bonds is 1. The van der Waals surface area contributed by atoms with E-state index in [1.165, 1.54) is 0 Å². The average molecular weight is 211 g/mol. The molecule has 0 fully saturated rings. The van der Waals surface area contributed by atoms with Crippen LogP contribution in [-0.4, -0.2) is 17.9 Å². The van der Waals surface area contributed by atoms with Crippen molar-refractivity contribution in [2.24, 2.45) is 0 Å². The first-order valence-electron chi connectivity index (χ1n) is 3.99. The zero-order valence-electron chi connectivity index (χ0n) is 7.37. The van der Waals surface area contributed by atoms with Crippen LogP contribution in [0.4, 0.5) is 0 Å². The van der Waals surface area contributed by atoms with Gasteiger partial charge in [-0.05, 0) is 29.8 Å². The van der Waals surface area contributed by atoms with E-state index >= 15 is 0 Å². The molecule has 1 heterocycles. The summed E-state index contributed by atoms with van der Waals surface area (Å²) < 4.78 is 5.08. The molecule has 72 valence electrons. The molecule has 1 N–H and O–H groups in total. The van der Waals surface area contributed by atoms with Crippen molar-refractivity contribution in [1.82, 2.24) is 10.3 Å². The third-order valence-corrected chi connectivity index (χ3v) is 2.01. The molecule has 0 radical (unpaired) electrons. The molecule has 0 bridgehead atoms. The molecule has 1 amide bonds. The Bertz CT molecular complexity index is 493. The van der Waals surface area contributed by atoms with E-state index in [0.29, 0.717) is 16.7 Å². The lowest BCUT2D eigenvalue weighted by atomic mass is 10.2. The molecular formula is C9H7ClN2O2. The van der Waals surface area contributed by atoms with E-state index in [1.54, 1.807) is 25.2 Å². The van der Waals surface area contributed by atoms with Crippen molar-refractivity contribution in [3.63, 3.8) is 0 Å². The summed E-state index contributed by atoms with van der Waals surface area (Å²) in [6.45, 7) is 0. The molecule has 14 heavy (non-hydrogen) atoms. The highest BCUT2D eigenvalue weighted by Gasteiger charge is 2.07. The lowest BCUT2D eigenvalue weighted by Crippen LogP contribution is -2.17. The molecule has 1 aromatic carbocycles. The summed E-state index contributed by atoms with van der Waals surface area (Å²) in [5.74, 6) is -0.167. The smallest absolute Gasteiger partial charge is 0.293 e. The van der Waals surface area contributed by atoms with Crippen molar-refractivity contribution in [2.45, 2.75) is 0 Å². The number of carbonyl (C=O) groups excluding carboxylic acids is 1. The number of aromatic nitrogens is 1. The van der Waals surface area contributed by atoms with Gasteiger partial charge in [0.15, 0.2) is 5.58 Å². The number of hydrogen-bond acceptors (Lipinski definition) is 3. The van der Waals surface area contributed by atoms with Crippen LogP contribution in [0.2, 0.25) is 5.35 Å². The monoisotopic (exact) mass is 210 g/mol. The first-order valence-corrected chi connectivity index (χ1v) is 4.36. The Labute approximate surface area is 84.9 Å². The fourth-order valence-corrected chi connectivity index (χ4v) is 1.36. The number of hydrogen-bond donors (Lipinski definition) is 1. The summed E-state index contributed by atoms with van der Waals surface area (Å²) in [5, 5.41) is 2.60. The van der Waals surface area contributed by atoms with Crippen LogP contribution in [0.15, 0.2) is 22.6 Å². The van der Waals surface area contributed by atoms with Crippen LogP contribution in [0.25, 0.3) is 11.1 Å². The molecule has 1 aromatic heterocycles. The van der Waals surface area contributed by atoms with Crippen LogP contribution < -0.4 is 5.32 Å². The van der Waals surface area contributed by atoms with Crippen molar-refractivity contribution < 1.29 is 9.21 Å². The Morgan fingerprint density at radius 1 is 1.57 bits per heavy atom. The van der Waals surface area contributed by atoms with Crippen LogP contribution in [0.3, 0.4) is 0 Å². The van der Waals surface area contributed by atoms with Crippen LogP contribution in [-0.2, 0) is 0 Å². The molecule has 0 aliphatic heterocycles. The number of halogens is 1. The quantitative estimate of drug-likeness (QED) is 0.782. The van der Waals surface area contributed by atoms with Crippen LogP contribution in [0.1, 0.15) is 10.4 Å². The van der Waals surface area contributed by atoms with E-state index in [2.05, 4.69) is 10.3 Å². The van der Waals surface area contributed by atoms with Gasteiger partial charge in [-0.15, -0.1) is 0 Å². The first-order chi connectivity index (χ1) is 6.70. The molecular weight excluding hydrogens is 204 g/mol. The maximum Gasteiger partial charge on any atom is 0.293 e. The summed E-state index contributed by atoms with van der Waals surface area (Å²) >= 11 is 5.57. The Morgan fingerprint density at radius 2 is 2.36 bits per heavy atom. The number of benzene rings is 1. The van der Waals surface area contributed by atoms with Gasteiger partial charge in [0, 0.05) is 12.6 Å². The lowest BCUT2D eigenvalue weighted by Gasteiger charge is -1.97. The van der Waals surface area contributed by atoms with E-state index in [1.807, 2.05) is 0 Å². The van der Waals surface area contributed by atoms with E-state index in [-0.39, 0.29) is 11.3 Å². The van der Waals surface area contributed by atoms with Gasteiger partial charge in [0.2, 0.25) is 0 Å². The highest BCUT2D eigenvalue weighted by atomic mass is 35.5. The third-order valence-electron chi connectivity index (χ3n) is 1.85. The Kier molecular flexibility index (Phi) is 2.13. The minimum atomic E-state index is -0.167. The maximum absolute atomic E-state index is 11.3. The van der Waals surface area contributed by atoms with Gasteiger partial charge in [0.25, 0.3) is 11.3 Å². The molecule has 5 heteroatoms. The summed E-state index contributed by atoms with van der Waals surface area (Å²) in [6.07, 6.45) is 0. The largest absolute Gasteiger partial charge is 0.428 e. The lowest BCUT2D eigenvalue weighted by molar-refractivity contribution is 0.0963. The number of nitrogens with zero attached hydrogens (tertiary/aromatic N) is 1. The third kappa shape index (κ3) is 1.44. The van der Waals surface area contributed by atoms with Crippen LogP contribution >= 0.6 is 11.6 Å². The second kappa shape index (κ2) is 3.31. The fraction of sp³-hybridized carbons (Fsp3) is 0.111. The van der Waals surface area contributed by atoms with Crippen LogP contribution in [0, 0.1) is 0 Å². The predicted molar refractivity (Wildman–Crippen MR) is 52.4 cm³/mol. The average Bonchev–Trinajstić information content (AvgIpc) is 2.55. The first kappa shape index (κ1) is 9.02. The SMILES string of the molecule is CNC(=O)c1ccc2nc(Cl)oc2c1. The minimum absolute atomic E-state index is 0.0778. The summed E-state index contributed by atoms with van der Waals surface area (Å²) in [7, 11) is 1.57. The molecule has 2 aromatic rings. The van der Waals surface area contributed by atoms with Crippen molar-refractivity contribution in [1.29, 1.82) is 0 Å². The Balaban J connectivity index is 2.55. The number of fused-ring (bicyclic) bond motifs is 1. The molecule has 0 saturated heterocycles. The van der Waals surface area contributed by atoms with Crippen molar-refractivity contribution in [3.05, 3.63) is 29.1 Å². The molecule has 0 atom stereocenters. The Morgan fingerprint density at radius 3 is 3.07 bits per heavy atom. The highest BCUT2D eigenvalue weighted by molar-refractivity contribution is 6.28. The summed E-state index contributed by atoms with van der Waals surface area (Å²) in [4.78, 5) is 15.2. The van der Waals surface area contributed by atoms with Gasteiger partial charge in [-0.3, -0.25) is 4.79 Å². The van der Waals surface area contributed by atoms with E-state index in [4.69, 9.17) is 16.0 Å². The number of oxazole rings is 1. The standard InChI is InChI=1S/C9H7ClN2O2/c1-11-8(13)5-2-3-6-7(4-5)14-9(10)12-6/h2-4H,1H3,(H,11,13). The van der Waals surface area contributed by atoms with Gasteiger partial charge < -0.3 is 9.73 Å². The van der Waals surface area contributed by atoms with Gasteiger partial charge in [-0.25, -0.2) is 0 Å². The highest BCUT2D eigenvalue weighted by Crippen LogP contribution is 2.19. The number of amides is 1. The van der Waals surface area contributed by atoms with E-state index in [9.17, 15) is 4.79 Å². The topological polar surface area (TPSA) is 55.1 Å².